The molecule has 0 radical (unpaired) electrons. The van der Waals surface area contributed by atoms with Gasteiger partial charge in [-0.15, -0.1) is 6.58 Å². The molecule has 1 heterocycles. The van der Waals surface area contributed by atoms with Crippen LogP contribution in [-0.2, 0) is 0 Å². The minimum Gasteiger partial charge on any atom is -0.363 e. The average molecular weight is 310 g/mol. The van der Waals surface area contributed by atoms with E-state index in [0.717, 1.165) is 5.69 Å². The lowest BCUT2D eigenvalue weighted by Crippen LogP contribution is -2.14. The van der Waals surface area contributed by atoms with E-state index in [4.69, 9.17) is 0 Å². The zero-order valence-electron chi connectivity index (χ0n) is 10.2. The number of hydrogen-bond donors (Lipinski definition) is 1. The van der Waals surface area contributed by atoms with Crippen LogP contribution in [0.15, 0.2) is 29.3 Å². The van der Waals surface area contributed by atoms with Crippen LogP contribution in [0, 0.1) is 12.7 Å². The van der Waals surface area contributed by atoms with Gasteiger partial charge in [0.15, 0.2) is 0 Å². The van der Waals surface area contributed by atoms with Gasteiger partial charge in [0.1, 0.15) is 17.2 Å². The van der Waals surface area contributed by atoms with Crippen LogP contribution in [-0.4, -0.2) is 16.0 Å². The monoisotopic (exact) mass is 309 g/mol. The molecule has 0 spiro atoms. The van der Waals surface area contributed by atoms with Crippen molar-refractivity contribution in [3.63, 3.8) is 0 Å². The Balaban J connectivity index is 2.58. The minimum atomic E-state index is -0.344. The molecule has 0 fully saturated rings. The van der Waals surface area contributed by atoms with E-state index in [1.807, 2.05) is 13.8 Å². The number of fused-ring (bicyclic) bond motifs is 1. The van der Waals surface area contributed by atoms with Crippen LogP contribution in [0.2, 0.25) is 0 Å². The highest BCUT2D eigenvalue weighted by atomic mass is 79.9. The maximum absolute atomic E-state index is 13.5. The lowest BCUT2D eigenvalue weighted by molar-refractivity contribution is 0.623. The van der Waals surface area contributed by atoms with Crippen LogP contribution in [0.25, 0.3) is 11.0 Å². The normalized spacial score (nSPS) is 12.4. The molecule has 2 rings (SSSR count). The molecule has 1 aromatic heterocycles. The number of anilines is 1. The first-order chi connectivity index (χ1) is 8.52. The molecule has 0 aliphatic heterocycles. The minimum absolute atomic E-state index is 0.0720. The molecule has 1 N–H and O–H groups in total. The van der Waals surface area contributed by atoms with Crippen LogP contribution >= 0.6 is 15.9 Å². The molecule has 1 unspecified atom stereocenters. The standard InChI is InChI=1S/C13H13BrFN3/c1-4-7(2)16-13-8(3)17-10-6-5-9(15)11(14)12(10)18-13/h4-7H,1H2,2-3H3,(H,16,18). The summed E-state index contributed by atoms with van der Waals surface area (Å²) < 4.78 is 13.8. The first-order valence-corrected chi connectivity index (χ1v) is 6.33. The van der Waals surface area contributed by atoms with Crippen LogP contribution in [0.4, 0.5) is 10.2 Å². The molecule has 0 aliphatic carbocycles. The predicted molar refractivity (Wildman–Crippen MR) is 75.2 cm³/mol. The predicted octanol–water partition coefficient (Wildman–Crippen LogP) is 3.83. The number of aromatic nitrogens is 2. The van der Waals surface area contributed by atoms with Crippen LogP contribution in [0.5, 0.6) is 0 Å². The Bertz CT molecular complexity index is 613. The van der Waals surface area contributed by atoms with Crippen molar-refractivity contribution >= 4 is 32.8 Å². The van der Waals surface area contributed by atoms with Crippen molar-refractivity contribution in [2.24, 2.45) is 0 Å². The summed E-state index contributed by atoms with van der Waals surface area (Å²) in [7, 11) is 0. The highest BCUT2D eigenvalue weighted by Gasteiger charge is 2.11. The van der Waals surface area contributed by atoms with E-state index < -0.39 is 0 Å². The van der Waals surface area contributed by atoms with Gasteiger partial charge in [0.25, 0.3) is 0 Å². The Labute approximate surface area is 113 Å². The van der Waals surface area contributed by atoms with E-state index >= 15 is 0 Å². The van der Waals surface area contributed by atoms with Gasteiger partial charge in [0.2, 0.25) is 0 Å². The lowest BCUT2D eigenvalue weighted by Gasteiger charge is -2.13. The van der Waals surface area contributed by atoms with E-state index in [2.05, 4.69) is 37.8 Å². The third-order valence-corrected chi connectivity index (χ3v) is 3.37. The second-order valence-electron chi connectivity index (χ2n) is 4.06. The number of halogens is 2. The number of rotatable bonds is 3. The van der Waals surface area contributed by atoms with Crippen molar-refractivity contribution in [1.29, 1.82) is 0 Å². The molecule has 0 bridgehead atoms. The number of nitrogens with one attached hydrogen (secondary N) is 1. The van der Waals surface area contributed by atoms with Gasteiger partial charge < -0.3 is 5.32 Å². The largest absolute Gasteiger partial charge is 0.363 e. The Hall–Kier alpha value is -1.49. The van der Waals surface area contributed by atoms with E-state index in [1.165, 1.54) is 6.07 Å². The molecule has 2 aromatic rings. The summed E-state index contributed by atoms with van der Waals surface area (Å²) in [6.07, 6.45) is 1.77. The summed E-state index contributed by atoms with van der Waals surface area (Å²) in [5, 5.41) is 3.16. The maximum atomic E-state index is 13.5. The van der Waals surface area contributed by atoms with Crippen molar-refractivity contribution in [3.05, 3.63) is 40.8 Å². The number of nitrogens with zero attached hydrogens (tertiary/aromatic N) is 2. The second-order valence-corrected chi connectivity index (χ2v) is 4.85. The van der Waals surface area contributed by atoms with Crippen molar-refractivity contribution in [2.45, 2.75) is 19.9 Å². The SMILES string of the molecule is C=CC(C)Nc1nc2c(Br)c(F)ccc2nc1C. The quantitative estimate of drug-likeness (QED) is 0.876. The summed E-state index contributed by atoms with van der Waals surface area (Å²) in [6.45, 7) is 7.52. The summed E-state index contributed by atoms with van der Waals surface area (Å²) in [6, 6.07) is 3.07. The molecular formula is C13H13BrFN3. The fraction of sp³-hybridized carbons (Fsp3) is 0.231. The molecule has 0 amide bonds. The Kier molecular flexibility index (Phi) is 3.61. The molecule has 0 aliphatic rings. The van der Waals surface area contributed by atoms with Crippen molar-refractivity contribution < 1.29 is 4.39 Å². The van der Waals surface area contributed by atoms with Gasteiger partial charge in [-0.05, 0) is 41.9 Å². The fourth-order valence-electron chi connectivity index (χ4n) is 1.56. The molecule has 94 valence electrons. The second kappa shape index (κ2) is 5.02. The van der Waals surface area contributed by atoms with E-state index in [-0.39, 0.29) is 11.9 Å². The summed E-state index contributed by atoms with van der Waals surface area (Å²) in [5.41, 5.74) is 1.95. The smallest absolute Gasteiger partial charge is 0.148 e. The summed E-state index contributed by atoms with van der Waals surface area (Å²) >= 11 is 3.20. The third kappa shape index (κ3) is 2.36. The van der Waals surface area contributed by atoms with Crippen LogP contribution in [0.1, 0.15) is 12.6 Å². The molecule has 5 heteroatoms. The van der Waals surface area contributed by atoms with Crippen molar-refractivity contribution in [3.8, 4) is 0 Å². The molecule has 18 heavy (non-hydrogen) atoms. The number of hydrogen-bond acceptors (Lipinski definition) is 3. The zero-order valence-corrected chi connectivity index (χ0v) is 11.8. The van der Waals surface area contributed by atoms with Gasteiger partial charge in [-0.2, -0.15) is 0 Å². The molecule has 1 aromatic carbocycles. The highest BCUT2D eigenvalue weighted by Crippen LogP contribution is 2.26. The Morgan fingerprint density at radius 1 is 1.44 bits per heavy atom. The van der Waals surface area contributed by atoms with Crippen molar-refractivity contribution in [2.75, 3.05) is 5.32 Å². The van der Waals surface area contributed by atoms with Crippen molar-refractivity contribution in [1.82, 2.24) is 9.97 Å². The molecular weight excluding hydrogens is 297 g/mol. The number of benzene rings is 1. The third-order valence-electron chi connectivity index (χ3n) is 2.62. The zero-order chi connectivity index (χ0) is 13.3. The topological polar surface area (TPSA) is 37.8 Å². The maximum Gasteiger partial charge on any atom is 0.148 e. The molecule has 0 saturated heterocycles. The van der Waals surface area contributed by atoms with Gasteiger partial charge >= 0.3 is 0 Å². The van der Waals surface area contributed by atoms with E-state index in [9.17, 15) is 4.39 Å². The average Bonchev–Trinajstić information content (AvgIpc) is 2.36. The van der Waals surface area contributed by atoms with Gasteiger partial charge in [0.05, 0.1) is 15.7 Å². The fourth-order valence-corrected chi connectivity index (χ4v) is 1.99. The van der Waals surface area contributed by atoms with Gasteiger partial charge in [0, 0.05) is 6.04 Å². The molecule has 1 atom stereocenters. The molecule has 3 nitrogen and oxygen atoms in total. The summed E-state index contributed by atoms with van der Waals surface area (Å²) in [4.78, 5) is 8.82. The van der Waals surface area contributed by atoms with Crippen LogP contribution < -0.4 is 5.32 Å². The van der Waals surface area contributed by atoms with Gasteiger partial charge in [-0.25, -0.2) is 14.4 Å². The van der Waals surface area contributed by atoms with Gasteiger partial charge in [-0.1, -0.05) is 6.08 Å². The highest BCUT2D eigenvalue weighted by molar-refractivity contribution is 9.10. The van der Waals surface area contributed by atoms with Gasteiger partial charge in [-0.3, -0.25) is 0 Å². The first kappa shape index (κ1) is 13.0. The Morgan fingerprint density at radius 3 is 2.83 bits per heavy atom. The van der Waals surface area contributed by atoms with E-state index in [0.29, 0.717) is 21.3 Å². The lowest BCUT2D eigenvalue weighted by atomic mass is 10.2. The first-order valence-electron chi connectivity index (χ1n) is 5.54. The molecule has 0 saturated carbocycles. The van der Waals surface area contributed by atoms with E-state index in [1.54, 1.807) is 12.1 Å². The summed E-state index contributed by atoms with van der Waals surface area (Å²) in [5.74, 6) is 0.296. The van der Waals surface area contributed by atoms with Crippen LogP contribution in [0.3, 0.4) is 0 Å². The Morgan fingerprint density at radius 2 is 2.17 bits per heavy atom. The number of aryl methyl sites for hydroxylation is 1.